The number of hydrogen-bond acceptors (Lipinski definition) is 6. The first-order chi connectivity index (χ1) is 18.8. The van der Waals surface area contributed by atoms with Crippen LogP contribution in [0.1, 0.15) is 148 Å². The lowest BCUT2D eigenvalue weighted by atomic mass is 9.93. The van der Waals surface area contributed by atoms with Crippen LogP contribution in [0.5, 0.6) is 0 Å². The highest BCUT2D eigenvalue weighted by Gasteiger charge is 2.21. The molecule has 0 aromatic carbocycles. The standard InChI is InChI=1S/C24H47N3.C9H16N2.H3N/c1-4-12-22(13-5-1)25-18-10-20-27(24-16-8-3-9-17-24)21-11-19-26-23-14-6-2-7-15-23;10-7-4-8-11-9-5-2-1-3-6-9;/h22-26H,1-21H2;9,11H,1-6,8H2;1H3. The smallest absolute Gasteiger partial charge is 0.0635 e. The van der Waals surface area contributed by atoms with Crippen LogP contribution in [0, 0.1) is 11.3 Å². The maximum atomic E-state index is 8.31. The van der Waals surface area contributed by atoms with E-state index >= 15 is 0 Å². The van der Waals surface area contributed by atoms with E-state index in [9.17, 15) is 0 Å². The number of rotatable bonds is 14. The molecule has 4 rings (SSSR count). The summed E-state index contributed by atoms with van der Waals surface area (Å²) < 4.78 is 0. The Hall–Kier alpha value is -0.710. The number of nitrogens with one attached hydrogen (secondary N) is 3. The summed E-state index contributed by atoms with van der Waals surface area (Å²) in [5.41, 5.74) is 0. The van der Waals surface area contributed by atoms with E-state index in [4.69, 9.17) is 5.26 Å². The van der Waals surface area contributed by atoms with Gasteiger partial charge in [0.25, 0.3) is 0 Å². The lowest BCUT2D eigenvalue weighted by Gasteiger charge is -2.35. The van der Waals surface area contributed by atoms with Gasteiger partial charge in [-0.2, -0.15) is 5.26 Å². The molecule has 6 heteroatoms. The van der Waals surface area contributed by atoms with Crippen molar-refractivity contribution in [2.24, 2.45) is 0 Å². The van der Waals surface area contributed by atoms with Gasteiger partial charge in [0.15, 0.2) is 0 Å². The summed E-state index contributed by atoms with van der Waals surface area (Å²) in [6.07, 6.45) is 31.7. The Morgan fingerprint density at radius 3 is 1.26 bits per heavy atom. The van der Waals surface area contributed by atoms with Crippen LogP contribution in [0.15, 0.2) is 0 Å². The molecule has 6 N–H and O–H groups in total. The molecule has 4 saturated carbocycles. The van der Waals surface area contributed by atoms with Gasteiger partial charge in [-0.15, -0.1) is 0 Å². The second-order valence-corrected chi connectivity index (χ2v) is 12.8. The lowest BCUT2D eigenvalue weighted by Crippen LogP contribution is -2.41. The second kappa shape index (κ2) is 22.9. The fourth-order valence-corrected chi connectivity index (χ4v) is 7.35. The average molecular weight is 547 g/mol. The van der Waals surface area contributed by atoms with Gasteiger partial charge in [-0.05, 0) is 90.4 Å². The van der Waals surface area contributed by atoms with E-state index in [2.05, 4.69) is 26.9 Å². The molecule has 0 heterocycles. The van der Waals surface area contributed by atoms with Crippen LogP contribution in [0.25, 0.3) is 0 Å². The molecule has 0 amide bonds. The van der Waals surface area contributed by atoms with Gasteiger partial charge in [-0.1, -0.05) is 77.0 Å². The third-order valence-electron chi connectivity index (χ3n) is 9.69. The van der Waals surface area contributed by atoms with Crippen molar-refractivity contribution in [1.82, 2.24) is 27.0 Å². The third kappa shape index (κ3) is 15.8. The lowest BCUT2D eigenvalue weighted by molar-refractivity contribution is 0.150. The zero-order valence-corrected chi connectivity index (χ0v) is 25.7. The molecule has 4 fully saturated rings. The molecule has 0 atom stereocenters. The van der Waals surface area contributed by atoms with Crippen LogP contribution in [0.3, 0.4) is 0 Å². The van der Waals surface area contributed by atoms with Crippen LogP contribution in [-0.2, 0) is 0 Å². The van der Waals surface area contributed by atoms with Crippen molar-refractivity contribution in [2.45, 2.75) is 172 Å². The van der Waals surface area contributed by atoms with Gasteiger partial charge in [-0.3, -0.25) is 0 Å². The fourth-order valence-electron chi connectivity index (χ4n) is 7.35. The maximum Gasteiger partial charge on any atom is 0.0635 e. The van der Waals surface area contributed by atoms with Crippen LogP contribution < -0.4 is 22.1 Å². The summed E-state index contributed by atoms with van der Waals surface area (Å²) in [5, 5.41) is 19.4. The molecule has 4 aliphatic rings. The van der Waals surface area contributed by atoms with Gasteiger partial charge in [0.1, 0.15) is 0 Å². The monoisotopic (exact) mass is 547 g/mol. The molecule has 0 aliphatic heterocycles. The van der Waals surface area contributed by atoms with Gasteiger partial charge in [0, 0.05) is 37.1 Å². The van der Waals surface area contributed by atoms with Crippen LogP contribution in [-0.4, -0.2) is 61.8 Å². The minimum Gasteiger partial charge on any atom is -0.344 e. The molecule has 0 aromatic rings. The summed E-state index contributed by atoms with van der Waals surface area (Å²) in [4.78, 5) is 2.87. The van der Waals surface area contributed by atoms with E-state index in [1.807, 2.05) is 0 Å². The van der Waals surface area contributed by atoms with E-state index in [0.29, 0.717) is 12.5 Å². The molecule has 6 nitrogen and oxygen atoms in total. The van der Waals surface area contributed by atoms with Crippen molar-refractivity contribution < 1.29 is 0 Å². The van der Waals surface area contributed by atoms with Gasteiger partial charge < -0.3 is 27.0 Å². The molecule has 0 radical (unpaired) electrons. The first-order valence-corrected chi connectivity index (χ1v) is 17.2. The van der Waals surface area contributed by atoms with Crippen LogP contribution in [0.4, 0.5) is 0 Å². The molecule has 39 heavy (non-hydrogen) atoms. The normalized spacial score (nSPS) is 22.1. The molecule has 0 spiro atoms. The Kier molecular flexibility index (Phi) is 20.3. The van der Waals surface area contributed by atoms with Crippen LogP contribution in [0.2, 0.25) is 0 Å². The number of nitriles is 1. The van der Waals surface area contributed by atoms with E-state index in [1.165, 1.54) is 167 Å². The Bertz CT molecular complexity index is 557. The summed E-state index contributed by atoms with van der Waals surface area (Å²) >= 11 is 0. The van der Waals surface area contributed by atoms with Crippen LogP contribution >= 0.6 is 0 Å². The molecule has 0 aromatic heterocycles. The zero-order chi connectivity index (χ0) is 26.5. The predicted octanol–water partition coefficient (Wildman–Crippen LogP) is 7.23. The molecule has 4 aliphatic carbocycles. The van der Waals surface area contributed by atoms with Crippen molar-refractivity contribution in [3.63, 3.8) is 0 Å². The fraction of sp³-hybridized carbons (Fsp3) is 0.970. The summed E-state index contributed by atoms with van der Waals surface area (Å²) in [6, 6.07) is 5.37. The highest BCUT2D eigenvalue weighted by atomic mass is 15.2. The molecule has 0 saturated heterocycles. The Morgan fingerprint density at radius 2 is 0.872 bits per heavy atom. The number of nitrogens with zero attached hydrogens (tertiary/aromatic N) is 2. The second-order valence-electron chi connectivity index (χ2n) is 12.8. The summed E-state index contributed by atoms with van der Waals surface area (Å²) in [5.74, 6) is 0. The first-order valence-electron chi connectivity index (χ1n) is 17.2. The Morgan fingerprint density at radius 1 is 0.513 bits per heavy atom. The van der Waals surface area contributed by atoms with E-state index in [-0.39, 0.29) is 6.15 Å². The Balaban J connectivity index is 0.000000375. The molecule has 0 unspecified atom stereocenters. The van der Waals surface area contributed by atoms with E-state index in [0.717, 1.165) is 24.7 Å². The van der Waals surface area contributed by atoms with Crippen molar-refractivity contribution in [3.8, 4) is 6.07 Å². The summed E-state index contributed by atoms with van der Waals surface area (Å²) in [7, 11) is 0. The topological polar surface area (TPSA) is 98.1 Å². The van der Waals surface area contributed by atoms with Gasteiger partial charge in [0.05, 0.1) is 6.07 Å². The molecule has 228 valence electrons. The quantitative estimate of drug-likeness (QED) is 0.172. The van der Waals surface area contributed by atoms with Gasteiger partial charge >= 0.3 is 0 Å². The minimum absolute atomic E-state index is 0. The van der Waals surface area contributed by atoms with E-state index in [1.54, 1.807) is 0 Å². The zero-order valence-electron chi connectivity index (χ0n) is 25.7. The van der Waals surface area contributed by atoms with Crippen molar-refractivity contribution in [1.29, 1.82) is 5.26 Å². The highest BCUT2D eigenvalue weighted by molar-refractivity contribution is 4.79. The van der Waals surface area contributed by atoms with E-state index < -0.39 is 0 Å². The maximum absolute atomic E-state index is 8.31. The first kappa shape index (κ1) is 34.5. The molecule has 0 bridgehead atoms. The predicted molar refractivity (Wildman–Crippen MR) is 168 cm³/mol. The third-order valence-corrected chi connectivity index (χ3v) is 9.69. The van der Waals surface area contributed by atoms with Crippen molar-refractivity contribution in [3.05, 3.63) is 0 Å². The molecular weight excluding hydrogens is 480 g/mol. The van der Waals surface area contributed by atoms with Crippen molar-refractivity contribution in [2.75, 3.05) is 32.7 Å². The van der Waals surface area contributed by atoms with Gasteiger partial charge in [-0.25, -0.2) is 0 Å². The highest BCUT2D eigenvalue weighted by Crippen LogP contribution is 2.23. The minimum atomic E-state index is 0. The number of hydrogen-bond donors (Lipinski definition) is 4. The largest absolute Gasteiger partial charge is 0.344 e. The molecular formula is C33H66N6. The average Bonchev–Trinajstić information content (AvgIpc) is 2.99. The van der Waals surface area contributed by atoms with Crippen molar-refractivity contribution >= 4 is 0 Å². The Labute approximate surface area is 242 Å². The van der Waals surface area contributed by atoms with Gasteiger partial charge in [0.2, 0.25) is 0 Å². The summed E-state index contributed by atoms with van der Waals surface area (Å²) in [6.45, 7) is 5.96. The SMILES string of the molecule is C1CCC(NCCCN(CCCNC2CCCCC2)C2CCCCC2)CC1.N.N#CCCNC1CCCCC1.